The van der Waals surface area contributed by atoms with Gasteiger partial charge >= 0.3 is 0 Å². The highest BCUT2D eigenvalue weighted by Crippen LogP contribution is 2.15. The van der Waals surface area contributed by atoms with Crippen molar-refractivity contribution < 1.29 is 4.74 Å². The van der Waals surface area contributed by atoms with Crippen LogP contribution >= 0.6 is 0 Å². The van der Waals surface area contributed by atoms with Crippen molar-refractivity contribution in [2.45, 2.75) is 19.6 Å². The number of hydrogen-bond donors (Lipinski definition) is 0. The zero-order chi connectivity index (χ0) is 12.0. The Hall–Kier alpha value is -1.64. The van der Waals surface area contributed by atoms with Crippen molar-refractivity contribution >= 4 is 8.07 Å². The van der Waals surface area contributed by atoms with Gasteiger partial charge in [-0.2, -0.15) is 0 Å². The second-order valence-corrected chi connectivity index (χ2v) is 9.20. The van der Waals surface area contributed by atoms with E-state index < -0.39 is 8.07 Å². The van der Waals surface area contributed by atoms with Gasteiger partial charge in [0, 0.05) is 0 Å². The van der Waals surface area contributed by atoms with E-state index in [0.717, 1.165) is 11.3 Å². The van der Waals surface area contributed by atoms with Gasteiger partial charge in [0.1, 0.15) is 13.8 Å². The lowest BCUT2D eigenvalue weighted by molar-refractivity contribution is 0.413. The highest BCUT2D eigenvalue weighted by Gasteiger charge is 2.06. The summed E-state index contributed by atoms with van der Waals surface area (Å²) in [7, 11) is 0.335. The second-order valence-electron chi connectivity index (χ2n) is 4.45. The second kappa shape index (κ2) is 5.44. The Bertz CT molecular complexity index is 475. The molecule has 0 amide bonds. The van der Waals surface area contributed by atoms with Crippen LogP contribution in [0.1, 0.15) is 5.56 Å². The summed E-state index contributed by atoms with van der Waals surface area (Å²) in [6.07, 6.45) is 0. The molecule has 0 radical (unpaired) electrons. The van der Waals surface area contributed by atoms with E-state index in [2.05, 4.69) is 42.9 Å². The Morgan fingerprint density at radius 3 is 2.38 bits per heavy atom. The van der Waals surface area contributed by atoms with Gasteiger partial charge in [-0.15, -0.1) is 5.54 Å². The molecule has 0 aromatic heterocycles. The first-order valence-corrected chi connectivity index (χ1v) is 8.69. The minimum absolute atomic E-state index is 0.796. The summed E-state index contributed by atoms with van der Waals surface area (Å²) >= 11 is 0. The number of para-hydroxylation sites is 1. The van der Waals surface area contributed by atoms with E-state index >= 15 is 0 Å². The number of benzene rings is 1. The predicted octanol–water partition coefficient (Wildman–Crippen LogP) is 2.93. The van der Waals surface area contributed by atoms with Crippen LogP contribution in [-0.2, 0) is 0 Å². The summed E-state index contributed by atoms with van der Waals surface area (Å²) < 4.78 is 5.20. The Labute approximate surface area is 98.8 Å². The number of rotatable bonds is 1. The van der Waals surface area contributed by atoms with Gasteiger partial charge in [-0.3, -0.25) is 0 Å². The quantitative estimate of drug-likeness (QED) is 0.530. The molecule has 0 aliphatic carbocycles. The summed E-state index contributed by atoms with van der Waals surface area (Å²) in [6.45, 7) is 6.60. The Balaban J connectivity index is 2.88. The lowest BCUT2D eigenvalue weighted by atomic mass is 10.2. The van der Waals surface area contributed by atoms with Crippen molar-refractivity contribution in [1.29, 1.82) is 0 Å². The monoisotopic (exact) mass is 228 g/mol. The lowest BCUT2D eigenvalue weighted by Crippen LogP contribution is -2.16. The van der Waals surface area contributed by atoms with Crippen LogP contribution in [0.25, 0.3) is 0 Å². The van der Waals surface area contributed by atoms with E-state index in [4.69, 9.17) is 4.74 Å². The van der Waals surface area contributed by atoms with Crippen LogP contribution < -0.4 is 4.74 Å². The molecule has 0 aliphatic heterocycles. The molecule has 1 rings (SSSR count). The average molecular weight is 228 g/mol. The molecule has 82 valence electrons. The summed E-state index contributed by atoms with van der Waals surface area (Å²) in [5.41, 5.74) is 4.09. The minimum atomic E-state index is -1.31. The molecule has 0 N–H and O–H groups in total. The van der Waals surface area contributed by atoms with Gasteiger partial charge in [0.25, 0.3) is 0 Å². The smallest absolute Gasteiger partial charge is 0.134 e. The Morgan fingerprint density at radius 1 is 1.06 bits per heavy atom. The molecular formula is C14H16OSi. The van der Waals surface area contributed by atoms with Crippen molar-refractivity contribution in [3.63, 3.8) is 0 Å². The van der Waals surface area contributed by atoms with Gasteiger partial charge in [0.15, 0.2) is 0 Å². The molecule has 0 spiro atoms. The number of methoxy groups -OCH3 is 1. The molecule has 1 aromatic rings. The van der Waals surface area contributed by atoms with Gasteiger partial charge in [-0.05, 0) is 29.9 Å². The molecule has 1 aromatic carbocycles. The molecule has 0 unspecified atom stereocenters. The van der Waals surface area contributed by atoms with Crippen LogP contribution in [0.5, 0.6) is 5.75 Å². The lowest BCUT2D eigenvalue weighted by Gasteiger charge is -2.01. The van der Waals surface area contributed by atoms with Crippen LogP contribution in [-0.4, -0.2) is 15.2 Å². The third kappa shape index (κ3) is 4.25. The molecule has 0 atom stereocenters. The third-order valence-electron chi connectivity index (χ3n) is 1.80. The molecule has 16 heavy (non-hydrogen) atoms. The molecule has 0 saturated heterocycles. The van der Waals surface area contributed by atoms with E-state index in [0.29, 0.717) is 0 Å². The zero-order valence-corrected chi connectivity index (χ0v) is 11.2. The zero-order valence-electron chi connectivity index (χ0n) is 10.2. The van der Waals surface area contributed by atoms with Gasteiger partial charge < -0.3 is 4.74 Å². The van der Waals surface area contributed by atoms with Crippen molar-refractivity contribution in [3.05, 3.63) is 29.8 Å². The molecule has 0 bridgehead atoms. The normalized spacial score (nSPS) is 9.50. The first kappa shape index (κ1) is 12.4. The minimum Gasteiger partial charge on any atom is -0.495 e. The third-order valence-corrected chi connectivity index (χ3v) is 2.68. The van der Waals surface area contributed by atoms with E-state index in [1.54, 1.807) is 7.11 Å². The van der Waals surface area contributed by atoms with Crippen LogP contribution in [0.3, 0.4) is 0 Å². The van der Waals surface area contributed by atoms with Gasteiger partial charge in [0.05, 0.1) is 12.7 Å². The summed E-state index contributed by atoms with van der Waals surface area (Å²) in [5, 5.41) is 0. The predicted molar refractivity (Wildman–Crippen MR) is 71.0 cm³/mol. The van der Waals surface area contributed by atoms with E-state index in [1.165, 1.54) is 0 Å². The summed E-state index contributed by atoms with van der Waals surface area (Å²) in [6, 6.07) is 7.70. The van der Waals surface area contributed by atoms with Crippen LogP contribution in [0.4, 0.5) is 0 Å². The maximum Gasteiger partial charge on any atom is 0.134 e. The summed E-state index contributed by atoms with van der Waals surface area (Å²) in [4.78, 5) is 0. The van der Waals surface area contributed by atoms with Gasteiger partial charge in [0.2, 0.25) is 0 Å². The van der Waals surface area contributed by atoms with Gasteiger partial charge in [-0.1, -0.05) is 31.8 Å². The Morgan fingerprint density at radius 2 is 1.75 bits per heavy atom. The summed E-state index contributed by atoms with van der Waals surface area (Å²) in [5.74, 6) is 9.60. The molecule has 1 nitrogen and oxygen atoms in total. The molecule has 0 aliphatic rings. The Kier molecular flexibility index (Phi) is 4.23. The SMILES string of the molecule is COc1ccccc1C#CC#C[Si](C)(C)C. The molecular weight excluding hydrogens is 212 g/mol. The molecule has 0 heterocycles. The van der Waals surface area contributed by atoms with E-state index in [9.17, 15) is 0 Å². The topological polar surface area (TPSA) is 9.23 Å². The number of ether oxygens (including phenoxy) is 1. The maximum absolute atomic E-state index is 5.20. The van der Waals surface area contributed by atoms with Crippen molar-refractivity contribution in [2.24, 2.45) is 0 Å². The highest BCUT2D eigenvalue weighted by atomic mass is 28.3. The van der Waals surface area contributed by atoms with E-state index in [1.807, 2.05) is 24.3 Å². The van der Waals surface area contributed by atoms with Crippen molar-refractivity contribution in [2.75, 3.05) is 7.11 Å². The van der Waals surface area contributed by atoms with E-state index in [-0.39, 0.29) is 0 Å². The van der Waals surface area contributed by atoms with Crippen molar-refractivity contribution in [3.8, 4) is 29.1 Å². The fourth-order valence-corrected chi connectivity index (χ4v) is 1.50. The standard InChI is InChI=1S/C14H16OSi/c1-15-14-11-6-5-9-13(14)10-7-8-12-16(2,3)4/h5-6,9,11H,1-4H3. The van der Waals surface area contributed by atoms with Crippen LogP contribution in [0.15, 0.2) is 24.3 Å². The molecule has 0 saturated carbocycles. The first-order chi connectivity index (χ1) is 7.53. The van der Waals surface area contributed by atoms with Crippen molar-refractivity contribution in [1.82, 2.24) is 0 Å². The number of hydrogen-bond acceptors (Lipinski definition) is 1. The molecule has 2 heteroatoms. The molecule has 0 fully saturated rings. The average Bonchev–Trinajstić information content (AvgIpc) is 2.23. The fourth-order valence-electron chi connectivity index (χ4n) is 1.07. The largest absolute Gasteiger partial charge is 0.495 e. The van der Waals surface area contributed by atoms with Crippen LogP contribution in [0.2, 0.25) is 19.6 Å². The maximum atomic E-state index is 5.20. The van der Waals surface area contributed by atoms with Crippen LogP contribution in [0, 0.1) is 23.3 Å². The first-order valence-electron chi connectivity index (χ1n) is 5.19. The fraction of sp³-hybridized carbons (Fsp3) is 0.286. The highest BCUT2D eigenvalue weighted by molar-refractivity contribution is 6.83. The van der Waals surface area contributed by atoms with Gasteiger partial charge in [-0.25, -0.2) is 0 Å².